The van der Waals surface area contributed by atoms with Gasteiger partial charge >= 0.3 is 0 Å². The Balaban J connectivity index is 1.05. The smallest absolute Gasteiger partial charge is 0.238 e. The SMILES string of the molecule is CC1(C)c2ccccc2-c2c(-c3nc(-c4cccc5oc6ccccc6c45)nc(N(c4ccc5c(c4)C4(c6ccccc6-c6ccccc64)c4ccccc4-5)c4ccccc4-c4ccccc4)n3)cccc21. The van der Waals surface area contributed by atoms with E-state index >= 15 is 0 Å². The number of hydrogen-bond donors (Lipinski definition) is 0. The molecule has 72 heavy (non-hydrogen) atoms. The third-order valence-electron chi connectivity index (χ3n) is 15.8. The van der Waals surface area contributed by atoms with Crippen LogP contribution >= 0.6 is 0 Å². The maximum atomic E-state index is 6.52. The van der Waals surface area contributed by atoms with E-state index in [0.717, 1.165) is 61.1 Å². The van der Waals surface area contributed by atoms with Gasteiger partial charge in [0.1, 0.15) is 11.2 Å². The summed E-state index contributed by atoms with van der Waals surface area (Å²) in [5, 5.41) is 1.97. The maximum absolute atomic E-state index is 6.52. The van der Waals surface area contributed by atoms with Crippen LogP contribution in [0.25, 0.3) is 89.2 Å². The quantitative estimate of drug-likeness (QED) is 0.166. The van der Waals surface area contributed by atoms with Crippen molar-refractivity contribution in [1.82, 2.24) is 15.0 Å². The van der Waals surface area contributed by atoms with Crippen LogP contribution in [0.2, 0.25) is 0 Å². The fourth-order valence-corrected chi connectivity index (χ4v) is 12.7. The lowest BCUT2D eigenvalue weighted by Crippen LogP contribution is -2.26. The van der Waals surface area contributed by atoms with E-state index in [1.165, 1.54) is 61.2 Å². The summed E-state index contributed by atoms with van der Waals surface area (Å²) in [6.07, 6.45) is 0. The lowest BCUT2D eigenvalue weighted by molar-refractivity contribution is 0.660. The van der Waals surface area contributed by atoms with E-state index in [2.05, 4.69) is 225 Å². The van der Waals surface area contributed by atoms with Crippen LogP contribution in [0.1, 0.15) is 47.2 Å². The number of para-hydroxylation sites is 2. The zero-order valence-electron chi connectivity index (χ0n) is 39.6. The molecule has 5 nitrogen and oxygen atoms in total. The molecule has 1 spiro atoms. The van der Waals surface area contributed by atoms with E-state index in [4.69, 9.17) is 19.4 Å². The summed E-state index contributed by atoms with van der Waals surface area (Å²) in [5.74, 6) is 1.65. The second-order valence-electron chi connectivity index (χ2n) is 19.8. The molecule has 0 unspecified atom stereocenters. The van der Waals surface area contributed by atoms with Crippen molar-refractivity contribution in [2.45, 2.75) is 24.7 Å². The third kappa shape index (κ3) is 5.56. The van der Waals surface area contributed by atoms with Gasteiger partial charge in [0.25, 0.3) is 0 Å². The highest BCUT2D eigenvalue weighted by Gasteiger charge is 2.52. The van der Waals surface area contributed by atoms with Crippen molar-refractivity contribution in [3.05, 3.63) is 264 Å². The van der Waals surface area contributed by atoms with Gasteiger partial charge in [-0.25, -0.2) is 4.98 Å². The number of anilines is 3. The third-order valence-corrected chi connectivity index (χ3v) is 15.8. The zero-order chi connectivity index (χ0) is 47.7. The Morgan fingerprint density at radius 2 is 0.889 bits per heavy atom. The number of benzene rings is 10. The normalized spacial score (nSPS) is 13.9. The van der Waals surface area contributed by atoms with Gasteiger partial charge in [0.2, 0.25) is 5.95 Å². The molecule has 0 aliphatic heterocycles. The Kier molecular flexibility index (Phi) is 8.56. The highest BCUT2D eigenvalue weighted by molar-refractivity contribution is 6.12. The Bertz CT molecular complexity index is 4160. The van der Waals surface area contributed by atoms with Crippen LogP contribution in [-0.4, -0.2) is 15.0 Å². The van der Waals surface area contributed by atoms with Crippen molar-refractivity contribution < 1.29 is 4.42 Å². The van der Waals surface area contributed by atoms with Crippen molar-refractivity contribution in [1.29, 1.82) is 0 Å². The molecular formula is C67H44N4O. The van der Waals surface area contributed by atoms with Crippen LogP contribution in [0.3, 0.4) is 0 Å². The second kappa shape index (κ2) is 15.2. The first-order chi connectivity index (χ1) is 35.5. The predicted molar refractivity (Wildman–Crippen MR) is 292 cm³/mol. The molecule has 0 atom stereocenters. The largest absolute Gasteiger partial charge is 0.456 e. The molecule has 5 heteroatoms. The molecule has 0 saturated carbocycles. The van der Waals surface area contributed by atoms with E-state index < -0.39 is 5.41 Å². The molecular weight excluding hydrogens is 877 g/mol. The van der Waals surface area contributed by atoms with Gasteiger partial charge in [-0.2, -0.15) is 9.97 Å². The number of furan rings is 1. The molecule has 0 radical (unpaired) electrons. The van der Waals surface area contributed by atoms with Crippen molar-refractivity contribution in [3.63, 3.8) is 0 Å². The summed E-state index contributed by atoms with van der Waals surface area (Å²) in [6.45, 7) is 4.64. The van der Waals surface area contributed by atoms with Gasteiger partial charge in [-0.1, -0.05) is 214 Å². The number of rotatable bonds is 6. The number of hydrogen-bond acceptors (Lipinski definition) is 5. The first-order valence-corrected chi connectivity index (χ1v) is 24.8. The number of aromatic nitrogens is 3. The molecule has 0 amide bonds. The molecule has 3 aliphatic rings. The Labute approximate surface area is 417 Å². The highest BCUT2D eigenvalue weighted by Crippen LogP contribution is 2.63. The van der Waals surface area contributed by atoms with Gasteiger partial charge in [0, 0.05) is 38.6 Å². The van der Waals surface area contributed by atoms with Crippen LogP contribution in [0.5, 0.6) is 0 Å². The van der Waals surface area contributed by atoms with Gasteiger partial charge in [-0.05, 0) is 103 Å². The standard InChI is InChI=1S/C67H44N4O/c1-66(2)52-30-12-9-26-48(52)61-50(28-18-34-56(61)66)63-68-64(51-29-19-37-60-62(51)49-27-11-17-36-59(49)72-60)70-65(69-63)71(58-35-16-10-22-43(58)41-20-4-3-5-21-41)42-38-39-47-46-25-8-15-33-55(46)67(57(47)40-42)53-31-13-6-23-44(53)45-24-7-14-32-54(45)67/h3-40H,1-2H3. The van der Waals surface area contributed by atoms with E-state index in [-0.39, 0.29) is 5.41 Å². The van der Waals surface area contributed by atoms with Crippen LogP contribution in [0.4, 0.5) is 17.3 Å². The summed E-state index contributed by atoms with van der Waals surface area (Å²) < 4.78 is 6.52. The van der Waals surface area contributed by atoms with Crippen LogP contribution in [0, 0.1) is 0 Å². The Morgan fingerprint density at radius 1 is 0.375 bits per heavy atom. The minimum atomic E-state index is -0.558. The molecule has 3 aliphatic carbocycles. The summed E-state index contributed by atoms with van der Waals surface area (Å²) >= 11 is 0. The Morgan fingerprint density at radius 3 is 1.61 bits per heavy atom. The number of nitrogens with zero attached hydrogens (tertiary/aromatic N) is 4. The van der Waals surface area contributed by atoms with Gasteiger partial charge in [0.05, 0.1) is 11.1 Å². The van der Waals surface area contributed by atoms with E-state index in [9.17, 15) is 0 Å². The minimum Gasteiger partial charge on any atom is -0.456 e. The minimum absolute atomic E-state index is 0.224. The lowest BCUT2D eigenvalue weighted by atomic mass is 9.70. The monoisotopic (exact) mass is 920 g/mol. The molecule has 338 valence electrons. The van der Waals surface area contributed by atoms with Gasteiger partial charge in [-0.15, -0.1) is 0 Å². The molecule has 15 rings (SSSR count). The summed E-state index contributed by atoms with van der Waals surface area (Å²) in [4.78, 5) is 19.2. The topological polar surface area (TPSA) is 55.1 Å². The average Bonchev–Trinajstić information content (AvgIpc) is 4.14. The van der Waals surface area contributed by atoms with Crippen molar-refractivity contribution in [2.75, 3.05) is 4.90 Å². The highest BCUT2D eigenvalue weighted by atomic mass is 16.3. The second-order valence-corrected chi connectivity index (χ2v) is 19.8. The fourth-order valence-electron chi connectivity index (χ4n) is 12.7. The molecule has 2 heterocycles. The number of fused-ring (bicyclic) bond motifs is 16. The zero-order valence-corrected chi connectivity index (χ0v) is 39.6. The summed E-state index contributed by atoms with van der Waals surface area (Å²) in [5.41, 5.74) is 21.6. The molecule has 0 N–H and O–H groups in total. The van der Waals surface area contributed by atoms with Crippen LogP contribution in [0.15, 0.2) is 235 Å². The van der Waals surface area contributed by atoms with Gasteiger partial charge in [0.15, 0.2) is 11.6 Å². The van der Waals surface area contributed by atoms with E-state index in [1.807, 2.05) is 24.3 Å². The predicted octanol–water partition coefficient (Wildman–Crippen LogP) is 16.9. The summed E-state index contributed by atoms with van der Waals surface area (Å²) in [6, 6.07) is 83.0. The molecule has 0 bridgehead atoms. The van der Waals surface area contributed by atoms with Crippen molar-refractivity contribution in [3.8, 4) is 67.3 Å². The molecule has 10 aromatic carbocycles. The van der Waals surface area contributed by atoms with Gasteiger partial charge < -0.3 is 4.42 Å². The molecule has 0 fully saturated rings. The molecule has 0 saturated heterocycles. The van der Waals surface area contributed by atoms with Crippen molar-refractivity contribution in [2.24, 2.45) is 0 Å². The molecule has 2 aromatic heterocycles. The average molecular weight is 921 g/mol. The molecule has 12 aromatic rings. The lowest BCUT2D eigenvalue weighted by Gasteiger charge is -2.32. The fraction of sp³-hybridized carbons (Fsp3) is 0.0597. The van der Waals surface area contributed by atoms with Crippen LogP contribution in [-0.2, 0) is 10.8 Å². The van der Waals surface area contributed by atoms with E-state index in [1.54, 1.807) is 0 Å². The van der Waals surface area contributed by atoms with Crippen molar-refractivity contribution >= 4 is 39.3 Å². The Hall–Kier alpha value is -9.19. The van der Waals surface area contributed by atoms with Crippen LogP contribution < -0.4 is 4.90 Å². The first kappa shape index (κ1) is 40.7. The van der Waals surface area contributed by atoms with E-state index in [0.29, 0.717) is 17.6 Å². The summed E-state index contributed by atoms with van der Waals surface area (Å²) in [7, 11) is 0. The first-order valence-electron chi connectivity index (χ1n) is 24.8. The maximum Gasteiger partial charge on any atom is 0.238 e. The van der Waals surface area contributed by atoms with Gasteiger partial charge in [-0.3, -0.25) is 4.90 Å².